The Hall–Kier alpha value is -1.25. The van der Waals surface area contributed by atoms with Gasteiger partial charge in [0.25, 0.3) is 0 Å². The summed E-state index contributed by atoms with van der Waals surface area (Å²) in [5.74, 6) is 0.642. The first kappa shape index (κ1) is 22.8. The molecule has 1 aromatic carbocycles. The molecule has 6 nitrogen and oxygen atoms in total. The Morgan fingerprint density at radius 2 is 1.73 bits per heavy atom. The average molecular weight is 401 g/mol. The van der Waals surface area contributed by atoms with Gasteiger partial charge in [-0.15, -0.1) is 0 Å². The second-order valence-corrected chi connectivity index (χ2v) is 10.9. The van der Waals surface area contributed by atoms with Crippen LogP contribution in [0.4, 0.5) is 0 Å². The van der Waals surface area contributed by atoms with Gasteiger partial charge in [-0.25, -0.2) is 13.1 Å². The lowest BCUT2D eigenvalue weighted by atomic mass is 10.1. The Morgan fingerprint density at radius 1 is 1.12 bits per heavy atom. The van der Waals surface area contributed by atoms with Crippen LogP contribution in [0.5, 0.6) is 0 Å². The molecule has 0 aromatic heterocycles. The molecule has 0 radical (unpaired) electrons. The number of guanidine groups is 1. The van der Waals surface area contributed by atoms with Crippen LogP contribution in [0.3, 0.4) is 0 Å². The molecule has 0 aliphatic carbocycles. The molecule has 0 heterocycles. The van der Waals surface area contributed by atoms with Gasteiger partial charge in [-0.3, -0.25) is 4.99 Å². The third-order valence-corrected chi connectivity index (χ3v) is 6.71. The van der Waals surface area contributed by atoms with E-state index in [0.717, 1.165) is 6.54 Å². The van der Waals surface area contributed by atoms with Gasteiger partial charge in [-0.2, -0.15) is 11.8 Å². The Labute approximate surface area is 162 Å². The highest BCUT2D eigenvalue weighted by molar-refractivity contribution is 7.99. The molecule has 26 heavy (non-hydrogen) atoms. The molecule has 0 saturated carbocycles. The summed E-state index contributed by atoms with van der Waals surface area (Å²) < 4.78 is 28.2. The molecule has 3 N–H and O–H groups in total. The molecule has 0 atom stereocenters. The number of hydrogen-bond acceptors (Lipinski definition) is 4. The molecular weight excluding hydrogens is 368 g/mol. The number of nitrogens with one attached hydrogen (secondary N) is 3. The Kier molecular flexibility index (Phi) is 7.98. The van der Waals surface area contributed by atoms with E-state index in [1.165, 1.54) is 0 Å². The number of aliphatic imine (C=N–C) groups is 1. The van der Waals surface area contributed by atoms with Crippen LogP contribution in [0.2, 0.25) is 0 Å². The van der Waals surface area contributed by atoms with Crippen LogP contribution < -0.4 is 15.4 Å². The Bertz CT molecular complexity index is 723. The van der Waals surface area contributed by atoms with Crippen molar-refractivity contribution in [1.82, 2.24) is 15.4 Å². The van der Waals surface area contributed by atoms with E-state index in [9.17, 15) is 8.42 Å². The maximum atomic E-state index is 12.7. The molecular formula is C18H32N4O2S2. The molecule has 8 heteroatoms. The lowest BCUT2D eigenvalue weighted by Crippen LogP contribution is -2.43. The fourth-order valence-electron chi connectivity index (χ4n) is 2.14. The van der Waals surface area contributed by atoms with Crippen molar-refractivity contribution < 1.29 is 8.42 Å². The summed E-state index contributed by atoms with van der Waals surface area (Å²) in [7, 11) is -1.90. The largest absolute Gasteiger partial charge is 0.355 e. The van der Waals surface area contributed by atoms with Crippen molar-refractivity contribution in [2.24, 2.45) is 4.99 Å². The lowest BCUT2D eigenvalue weighted by Gasteiger charge is -2.24. The zero-order valence-corrected chi connectivity index (χ0v) is 18.4. The summed E-state index contributed by atoms with van der Waals surface area (Å²) in [6.07, 6.45) is 2.07. The van der Waals surface area contributed by atoms with Crippen molar-refractivity contribution in [3.8, 4) is 0 Å². The van der Waals surface area contributed by atoms with Gasteiger partial charge >= 0.3 is 0 Å². The number of rotatable bonds is 7. The van der Waals surface area contributed by atoms with E-state index in [1.807, 2.05) is 32.9 Å². The van der Waals surface area contributed by atoms with Gasteiger partial charge in [0, 0.05) is 30.4 Å². The van der Waals surface area contributed by atoms with E-state index in [-0.39, 0.29) is 9.64 Å². The highest BCUT2D eigenvalue weighted by Gasteiger charge is 2.24. The molecule has 148 valence electrons. The van der Waals surface area contributed by atoms with Crippen LogP contribution >= 0.6 is 11.8 Å². The van der Waals surface area contributed by atoms with Gasteiger partial charge in [0.05, 0.1) is 4.90 Å². The summed E-state index contributed by atoms with van der Waals surface area (Å²) >= 11 is 1.77. The SMILES string of the molecule is CN=C(NCc1ccccc1S(=O)(=O)NC(C)(C)C)NCC(C)(C)SC. The van der Waals surface area contributed by atoms with Gasteiger partial charge in [0.1, 0.15) is 0 Å². The fourth-order valence-corrected chi connectivity index (χ4v) is 4.01. The van der Waals surface area contributed by atoms with Crippen molar-refractivity contribution in [2.45, 2.75) is 56.3 Å². The summed E-state index contributed by atoms with van der Waals surface area (Å²) in [4.78, 5) is 4.49. The number of nitrogens with zero attached hydrogens (tertiary/aromatic N) is 1. The maximum Gasteiger partial charge on any atom is 0.241 e. The minimum Gasteiger partial charge on any atom is -0.355 e. The van der Waals surface area contributed by atoms with Crippen molar-refractivity contribution in [1.29, 1.82) is 0 Å². The standard InChI is InChI=1S/C18H32N4O2S2/c1-17(2,3)22-26(23,24)15-11-9-8-10-14(15)12-20-16(19-6)21-13-18(4,5)25-7/h8-11,22H,12-13H2,1-7H3,(H2,19,20,21). The second kappa shape index (κ2) is 9.10. The van der Waals surface area contributed by atoms with E-state index in [4.69, 9.17) is 0 Å². The molecule has 0 saturated heterocycles. The highest BCUT2D eigenvalue weighted by atomic mass is 32.2. The quantitative estimate of drug-likeness (QED) is 0.484. The van der Waals surface area contributed by atoms with Gasteiger partial charge < -0.3 is 10.6 Å². The van der Waals surface area contributed by atoms with Gasteiger partial charge in [0.2, 0.25) is 10.0 Å². The molecule has 0 unspecified atom stereocenters. The number of benzene rings is 1. The summed E-state index contributed by atoms with van der Waals surface area (Å²) in [5.41, 5.74) is 0.150. The molecule has 0 aliphatic rings. The van der Waals surface area contributed by atoms with Gasteiger partial charge in [0.15, 0.2) is 5.96 Å². The number of thioether (sulfide) groups is 1. The molecule has 1 aromatic rings. The van der Waals surface area contributed by atoms with Gasteiger partial charge in [-0.05, 0) is 52.5 Å². The zero-order chi connectivity index (χ0) is 20.0. The molecule has 0 amide bonds. The number of hydrogen-bond donors (Lipinski definition) is 3. The third-order valence-electron chi connectivity index (χ3n) is 3.61. The van der Waals surface area contributed by atoms with E-state index in [2.05, 4.69) is 40.5 Å². The number of sulfonamides is 1. The first-order valence-electron chi connectivity index (χ1n) is 8.52. The van der Waals surface area contributed by atoms with Crippen molar-refractivity contribution in [3.05, 3.63) is 29.8 Å². The van der Waals surface area contributed by atoms with Crippen molar-refractivity contribution >= 4 is 27.7 Å². The fraction of sp³-hybridized carbons (Fsp3) is 0.611. The van der Waals surface area contributed by atoms with Crippen LogP contribution in [0.25, 0.3) is 0 Å². The lowest BCUT2D eigenvalue weighted by molar-refractivity contribution is 0.491. The van der Waals surface area contributed by atoms with E-state index in [0.29, 0.717) is 18.1 Å². The minimum atomic E-state index is -3.60. The minimum absolute atomic E-state index is 0.0789. The van der Waals surface area contributed by atoms with E-state index >= 15 is 0 Å². The summed E-state index contributed by atoms with van der Waals surface area (Å²) in [6, 6.07) is 7.00. The molecule has 0 spiro atoms. The van der Waals surface area contributed by atoms with E-state index < -0.39 is 15.6 Å². The first-order valence-corrected chi connectivity index (χ1v) is 11.2. The van der Waals surface area contributed by atoms with Crippen LogP contribution in [-0.4, -0.2) is 44.5 Å². The predicted octanol–water partition coefficient (Wildman–Crippen LogP) is 2.57. The van der Waals surface area contributed by atoms with Crippen molar-refractivity contribution in [2.75, 3.05) is 19.8 Å². The summed E-state index contributed by atoms with van der Waals surface area (Å²) in [6.45, 7) is 10.9. The zero-order valence-electron chi connectivity index (χ0n) is 16.8. The second-order valence-electron chi connectivity index (χ2n) is 7.71. The predicted molar refractivity (Wildman–Crippen MR) is 112 cm³/mol. The Morgan fingerprint density at radius 3 is 2.27 bits per heavy atom. The van der Waals surface area contributed by atoms with Crippen LogP contribution in [-0.2, 0) is 16.6 Å². The van der Waals surface area contributed by atoms with Crippen LogP contribution in [0.15, 0.2) is 34.2 Å². The van der Waals surface area contributed by atoms with Crippen molar-refractivity contribution in [3.63, 3.8) is 0 Å². The normalized spacial score (nSPS) is 13.6. The molecule has 1 rings (SSSR count). The molecule has 0 aliphatic heterocycles. The maximum absolute atomic E-state index is 12.7. The average Bonchev–Trinajstić information content (AvgIpc) is 2.53. The van der Waals surface area contributed by atoms with E-state index in [1.54, 1.807) is 30.9 Å². The monoisotopic (exact) mass is 400 g/mol. The Balaban J connectivity index is 2.89. The third kappa shape index (κ3) is 7.55. The van der Waals surface area contributed by atoms with Crippen LogP contribution in [0.1, 0.15) is 40.2 Å². The molecule has 0 fully saturated rings. The van der Waals surface area contributed by atoms with Gasteiger partial charge in [-0.1, -0.05) is 18.2 Å². The first-order chi connectivity index (χ1) is 11.9. The smallest absolute Gasteiger partial charge is 0.241 e. The van der Waals surface area contributed by atoms with Crippen LogP contribution in [0, 0.1) is 0 Å². The highest BCUT2D eigenvalue weighted by Crippen LogP contribution is 2.20. The summed E-state index contributed by atoms with van der Waals surface area (Å²) in [5, 5.41) is 6.48. The molecule has 0 bridgehead atoms. The topological polar surface area (TPSA) is 82.6 Å².